The Hall–Kier alpha value is -5.88. The van der Waals surface area contributed by atoms with Crippen molar-refractivity contribution in [3.8, 4) is 11.4 Å². The number of amides is 5. The molecule has 0 bridgehead atoms. The molecule has 12 heteroatoms. The van der Waals surface area contributed by atoms with Crippen LogP contribution in [0, 0.1) is 6.92 Å². The fourth-order valence-electron chi connectivity index (χ4n) is 5.48. The molecule has 5 aromatic rings. The second-order valence-corrected chi connectivity index (χ2v) is 13.4. The van der Waals surface area contributed by atoms with Gasteiger partial charge in [0.2, 0.25) is 5.91 Å². The van der Waals surface area contributed by atoms with Crippen LogP contribution in [0.2, 0.25) is 0 Å². The molecule has 0 fully saturated rings. The Kier molecular flexibility index (Phi) is 12.1. The second kappa shape index (κ2) is 16.9. The molecular formula is C40H47N7O5. The second-order valence-electron chi connectivity index (χ2n) is 13.4. The van der Waals surface area contributed by atoms with Crippen molar-refractivity contribution in [3.05, 3.63) is 107 Å². The van der Waals surface area contributed by atoms with Gasteiger partial charge in [-0.05, 0) is 54.8 Å². The van der Waals surface area contributed by atoms with Gasteiger partial charge in [0.1, 0.15) is 18.2 Å². The summed E-state index contributed by atoms with van der Waals surface area (Å²) >= 11 is 0. The number of nitrogens with zero attached hydrogens (tertiary/aromatic N) is 2. The van der Waals surface area contributed by atoms with Crippen molar-refractivity contribution >= 4 is 45.9 Å². The Balaban J connectivity index is 1.27. The number of aromatic nitrogens is 2. The molecule has 52 heavy (non-hydrogen) atoms. The van der Waals surface area contributed by atoms with Crippen molar-refractivity contribution in [1.29, 1.82) is 0 Å². The number of aryl methyl sites for hydroxylation is 2. The van der Waals surface area contributed by atoms with Crippen LogP contribution in [0.15, 0.2) is 84.9 Å². The normalized spacial score (nSPS) is 11.2. The van der Waals surface area contributed by atoms with Crippen LogP contribution < -0.4 is 31.3 Å². The average Bonchev–Trinajstić information content (AvgIpc) is 3.55. The monoisotopic (exact) mass is 705 g/mol. The van der Waals surface area contributed by atoms with Gasteiger partial charge in [0, 0.05) is 41.6 Å². The predicted molar refractivity (Wildman–Crippen MR) is 206 cm³/mol. The fraction of sp³-hybridized carbons (Fsp3) is 0.300. The first-order chi connectivity index (χ1) is 24.9. The predicted octanol–water partition coefficient (Wildman–Crippen LogP) is 7.30. The highest BCUT2D eigenvalue weighted by molar-refractivity contribution is 6.07. The van der Waals surface area contributed by atoms with Crippen LogP contribution in [-0.2, 0) is 28.0 Å². The summed E-state index contributed by atoms with van der Waals surface area (Å²) in [6.45, 7) is 11.1. The zero-order valence-electron chi connectivity index (χ0n) is 30.6. The zero-order chi connectivity index (χ0) is 37.3. The number of anilines is 3. The summed E-state index contributed by atoms with van der Waals surface area (Å²) in [5.74, 6) is 0.888. The van der Waals surface area contributed by atoms with Gasteiger partial charge in [-0.15, -0.1) is 0 Å². The van der Waals surface area contributed by atoms with Gasteiger partial charge < -0.3 is 30.7 Å². The molecule has 0 atom stereocenters. The topological polar surface area (TPSA) is 148 Å². The van der Waals surface area contributed by atoms with Crippen molar-refractivity contribution in [2.24, 2.45) is 0 Å². The number of nitrogens with one attached hydrogen (secondary N) is 5. The van der Waals surface area contributed by atoms with E-state index < -0.39 is 12.1 Å². The van der Waals surface area contributed by atoms with E-state index in [2.05, 4.69) is 47.4 Å². The molecule has 1 aromatic heterocycles. The molecule has 0 aliphatic rings. The van der Waals surface area contributed by atoms with Crippen LogP contribution in [0.25, 0.3) is 16.5 Å². The van der Waals surface area contributed by atoms with Gasteiger partial charge in [0.05, 0.1) is 30.2 Å². The zero-order valence-corrected chi connectivity index (χ0v) is 30.6. The van der Waals surface area contributed by atoms with E-state index in [0.717, 1.165) is 38.8 Å². The fourth-order valence-corrected chi connectivity index (χ4v) is 5.48. The molecule has 5 N–H and O–H groups in total. The average molecular weight is 706 g/mol. The van der Waals surface area contributed by atoms with Crippen molar-refractivity contribution in [2.75, 3.05) is 42.8 Å². The molecule has 0 aliphatic carbocycles. The maximum absolute atomic E-state index is 13.5. The molecule has 0 saturated heterocycles. The number of methoxy groups -OCH3 is 1. The molecule has 5 amide bonds. The minimum Gasteiger partial charge on any atom is -0.488 e. The third-order valence-corrected chi connectivity index (χ3v) is 8.37. The first-order valence-corrected chi connectivity index (χ1v) is 17.3. The van der Waals surface area contributed by atoms with E-state index in [0.29, 0.717) is 42.5 Å². The van der Waals surface area contributed by atoms with Crippen molar-refractivity contribution in [2.45, 2.75) is 53.1 Å². The lowest BCUT2D eigenvalue weighted by atomic mass is 9.92. The Morgan fingerprint density at radius 1 is 0.808 bits per heavy atom. The van der Waals surface area contributed by atoms with E-state index in [1.54, 1.807) is 11.8 Å². The number of hydrogen-bond acceptors (Lipinski definition) is 6. The summed E-state index contributed by atoms with van der Waals surface area (Å²) in [4.78, 5) is 38.0. The van der Waals surface area contributed by atoms with Gasteiger partial charge in [-0.25, -0.2) is 14.3 Å². The highest BCUT2D eigenvalue weighted by Crippen LogP contribution is 2.33. The molecule has 0 spiro atoms. The quantitative estimate of drug-likeness (QED) is 0.0813. The van der Waals surface area contributed by atoms with Crippen LogP contribution in [0.4, 0.5) is 26.8 Å². The van der Waals surface area contributed by atoms with E-state index in [1.807, 2.05) is 98.8 Å². The molecule has 4 aromatic carbocycles. The minimum absolute atomic E-state index is 0.157. The summed E-state index contributed by atoms with van der Waals surface area (Å²) in [5.41, 5.74) is 5.65. The number of benzene rings is 4. The first-order valence-electron chi connectivity index (χ1n) is 17.3. The van der Waals surface area contributed by atoms with Crippen LogP contribution in [0.3, 0.4) is 0 Å². The van der Waals surface area contributed by atoms with Gasteiger partial charge in [-0.1, -0.05) is 81.8 Å². The maximum atomic E-state index is 13.5. The lowest BCUT2D eigenvalue weighted by Crippen LogP contribution is -2.40. The maximum Gasteiger partial charge on any atom is 0.324 e. The van der Waals surface area contributed by atoms with E-state index in [1.165, 1.54) is 0 Å². The SMILES string of the molecule is CCc1ccc(COc2ccc(NC(=O)Nc3cc(C(C)(C)C)nn3-c3ccc(C)cc3)c3ccccc23)cc1NC(=O)NCC(=O)NCCOC. The lowest BCUT2D eigenvalue weighted by Gasteiger charge is -2.16. The molecular weight excluding hydrogens is 658 g/mol. The van der Waals surface area contributed by atoms with Gasteiger partial charge >= 0.3 is 12.1 Å². The lowest BCUT2D eigenvalue weighted by molar-refractivity contribution is -0.120. The Bertz CT molecular complexity index is 2030. The number of carbonyl (C=O) groups is 3. The Labute approximate surface area is 304 Å². The van der Waals surface area contributed by atoms with E-state index in [9.17, 15) is 14.4 Å². The van der Waals surface area contributed by atoms with Crippen molar-refractivity contribution < 1.29 is 23.9 Å². The summed E-state index contributed by atoms with van der Waals surface area (Å²) in [6, 6.07) is 26.1. The van der Waals surface area contributed by atoms with Gasteiger partial charge in [-0.3, -0.25) is 10.1 Å². The van der Waals surface area contributed by atoms with Crippen molar-refractivity contribution in [3.63, 3.8) is 0 Å². The molecule has 0 saturated carbocycles. The summed E-state index contributed by atoms with van der Waals surface area (Å²) in [5, 5.41) is 20.6. The largest absolute Gasteiger partial charge is 0.488 e. The highest BCUT2D eigenvalue weighted by Gasteiger charge is 2.22. The number of carbonyl (C=O) groups excluding carboxylic acids is 3. The third kappa shape index (κ3) is 9.67. The molecule has 1 heterocycles. The van der Waals surface area contributed by atoms with Gasteiger partial charge in [-0.2, -0.15) is 5.10 Å². The first kappa shape index (κ1) is 37.4. The van der Waals surface area contributed by atoms with E-state index >= 15 is 0 Å². The Morgan fingerprint density at radius 2 is 1.54 bits per heavy atom. The standard InChI is InChI=1S/C40H47N7O5/c1-7-28-15-14-27(22-33(28)44-38(49)42-24-37(48)41-20-21-51-6)25-52-34-19-18-32(30-10-8-9-11-31(30)34)43-39(50)45-36-23-35(40(3,4)5)46-47(36)29-16-12-26(2)13-17-29/h8-19,22-23H,7,20-21,24-25H2,1-6H3,(H,41,48)(H2,42,44,49)(H2,43,45,50). The van der Waals surface area contributed by atoms with Crippen LogP contribution in [0.1, 0.15) is 50.1 Å². The van der Waals surface area contributed by atoms with Gasteiger partial charge in [0.15, 0.2) is 0 Å². The van der Waals surface area contributed by atoms with Crippen molar-refractivity contribution in [1.82, 2.24) is 20.4 Å². The molecule has 0 radical (unpaired) electrons. The van der Waals surface area contributed by atoms with E-state index in [4.69, 9.17) is 14.6 Å². The number of ether oxygens (including phenoxy) is 2. The molecule has 272 valence electrons. The number of hydrogen-bond donors (Lipinski definition) is 5. The number of rotatable bonds is 13. The minimum atomic E-state index is -0.484. The van der Waals surface area contributed by atoms with E-state index in [-0.39, 0.29) is 24.5 Å². The van der Waals surface area contributed by atoms with Crippen LogP contribution >= 0.6 is 0 Å². The summed E-state index contributed by atoms with van der Waals surface area (Å²) < 4.78 is 13.0. The van der Waals surface area contributed by atoms with Crippen LogP contribution in [-0.4, -0.2) is 54.6 Å². The molecule has 5 rings (SSSR count). The highest BCUT2D eigenvalue weighted by atomic mass is 16.5. The summed E-state index contributed by atoms with van der Waals surface area (Å²) in [6.07, 6.45) is 0.701. The summed E-state index contributed by atoms with van der Waals surface area (Å²) in [7, 11) is 1.55. The van der Waals surface area contributed by atoms with Crippen LogP contribution in [0.5, 0.6) is 5.75 Å². The number of urea groups is 2. The number of fused-ring (bicyclic) bond motifs is 1. The molecule has 0 aliphatic heterocycles. The molecule has 12 nitrogen and oxygen atoms in total. The Morgan fingerprint density at radius 3 is 2.25 bits per heavy atom. The third-order valence-electron chi connectivity index (χ3n) is 8.37. The smallest absolute Gasteiger partial charge is 0.324 e. The molecule has 0 unspecified atom stereocenters. The van der Waals surface area contributed by atoms with Gasteiger partial charge in [0.25, 0.3) is 0 Å².